The summed E-state index contributed by atoms with van der Waals surface area (Å²) in [6.07, 6.45) is 0. The van der Waals surface area contributed by atoms with Crippen LogP contribution in [0.2, 0.25) is 0 Å². The smallest absolute Gasteiger partial charge is 0.217 e. The van der Waals surface area contributed by atoms with E-state index in [1.807, 2.05) is 6.92 Å². The van der Waals surface area contributed by atoms with Gasteiger partial charge in [0.15, 0.2) is 11.6 Å². The number of hydrogen-bond donors (Lipinski definition) is 1. The van der Waals surface area contributed by atoms with Crippen LogP contribution in [0.3, 0.4) is 0 Å². The van der Waals surface area contributed by atoms with E-state index in [1.165, 1.54) is 16.4 Å². The number of benzene rings is 1. The molecule has 0 aliphatic carbocycles. The van der Waals surface area contributed by atoms with Gasteiger partial charge in [0.1, 0.15) is 6.61 Å². The number of halogens is 1. The summed E-state index contributed by atoms with van der Waals surface area (Å²) in [5, 5.41) is 3.14. The standard InChI is InChI=1S/C13H19FN2O3S/c1-11-10-15-6-7-16(11)20(17,18)9-8-19-13-5-3-2-4-12(13)14/h2-5,11,15H,6-10H2,1H3. The third-order valence-corrected chi connectivity index (χ3v) is 5.17. The van der Waals surface area contributed by atoms with Crippen molar-refractivity contribution in [3.05, 3.63) is 30.1 Å². The van der Waals surface area contributed by atoms with Crippen molar-refractivity contribution in [1.29, 1.82) is 0 Å². The predicted octanol–water partition coefficient (Wildman–Crippen LogP) is 0.828. The molecule has 1 unspecified atom stereocenters. The van der Waals surface area contributed by atoms with E-state index in [0.29, 0.717) is 19.6 Å². The van der Waals surface area contributed by atoms with Gasteiger partial charge in [0, 0.05) is 25.7 Å². The quantitative estimate of drug-likeness (QED) is 0.875. The molecule has 0 spiro atoms. The summed E-state index contributed by atoms with van der Waals surface area (Å²) in [4.78, 5) is 0. The number of piperazine rings is 1. The number of hydrogen-bond acceptors (Lipinski definition) is 4. The topological polar surface area (TPSA) is 58.6 Å². The summed E-state index contributed by atoms with van der Waals surface area (Å²) in [6.45, 7) is 3.57. The maximum atomic E-state index is 13.3. The first-order chi connectivity index (χ1) is 9.50. The normalized spacial score (nSPS) is 20.8. The lowest BCUT2D eigenvalue weighted by Gasteiger charge is -2.32. The lowest BCUT2D eigenvalue weighted by Crippen LogP contribution is -2.53. The van der Waals surface area contributed by atoms with Gasteiger partial charge >= 0.3 is 0 Å². The summed E-state index contributed by atoms with van der Waals surface area (Å²) in [6, 6.07) is 5.90. The minimum absolute atomic E-state index is 0.0556. The fourth-order valence-electron chi connectivity index (χ4n) is 2.17. The van der Waals surface area contributed by atoms with E-state index in [9.17, 15) is 12.8 Å². The minimum Gasteiger partial charge on any atom is -0.489 e. The predicted molar refractivity (Wildman–Crippen MR) is 74.7 cm³/mol. The molecule has 20 heavy (non-hydrogen) atoms. The highest BCUT2D eigenvalue weighted by atomic mass is 32.2. The maximum absolute atomic E-state index is 13.3. The van der Waals surface area contributed by atoms with Crippen molar-refractivity contribution in [3.63, 3.8) is 0 Å². The molecule has 5 nitrogen and oxygen atoms in total. The van der Waals surface area contributed by atoms with Crippen LogP contribution in [0.4, 0.5) is 4.39 Å². The molecule has 1 atom stereocenters. The van der Waals surface area contributed by atoms with Crippen molar-refractivity contribution in [2.45, 2.75) is 13.0 Å². The van der Waals surface area contributed by atoms with Gasteiger partial charge in [-0.15, -0.1) is 0 Å². The molecular weight excluding hydrogens is 283 g/mol. The highest BCUT2D eigenvalue weighted by Crippen LogP contribution is 2.16. The Kier molecular flexibility index (Phi) is 4.95. The average molecular weight is 302 g/mol. The van der Waals surface area contributed by atoms with E-state index in [-0.39, 0.29) is 24.2 Å². The molecule has 0 amide bonds. The van der Waals surface area contributed by atoms with E-state index in [4.69, 9.17) is 4.74 Å². The van der Waals surface area contributed by atoms with Crippen molar-refractivity contribution in [3.8, 4) is 5.75 Å². The van der Waals surface area contributed by atoms with E-state index < -0.39 is 15.8 Å². The molecule has 1 aromatic rings. The summed E-state index contributed by atoms with van der Waals surface area (Å²) in [7, 11) is -3.37. The Bertz CT molecular complexity index is 550. The second-order valence-electron chi connectivity index (χ2n) is 4.76. The Morgan fingerprint density at radius 3 is 2.90 bits per heavy atom. The molecule has 0 aromatic heterocycles. The second-order valence-corrected chi connectivity index (χ2v) is 6.80. The molecule has 1 aliphatic heterocycles. The molecular formula is C13H19FN2O3S. The first-order valence-electron chi connectivity index (χ1n) is 6.58. The minimum atomic E-state index is -3.37. The van der Waals surface area contributed by atoms with Crippen LogP contribution in [0.15, 0.2) is 24.3 Å². The Morgan fingerprint density at radius 1 is 1.45 bits per heavy atom. The van der Waals surface area contributed by atoms with Crippen LogP contribution in [0.5, 0.6) is 5.75 Å². The molecule has 0 saturated carbocycles. The van der Waals surface area contributed by atoms with Crippen LogP contribution in [0.1, 0.15) is 6.92 Å². The van der Waals surface area contributed by atoms with Crippen molar-refractivity contribution in [1.82, 2.24) is 9.62 Å². The van der Waals surface area contributed by atoms with Gasteiger partial charge in [-0.1, -0.05) is 12.1 Å². The van der Waals surface area contributed by atoms with Gasteiger partial charge in [0.05, 0.1) is 5.75 Å². The van der Waals surface area contributed by atoms with Crippen molar-refractivity contribution >= 4 is 10.0 Å². The number of sulfonamides is 1. The zero-order valence-electron chi connectivity index (χ0n) is 11.4. The highest BCUT2D eigenvalue weighted by Gasteiger charge is 2.29. The van der Waals surface area contributed by atoms with Gasteiger partial charge in [-0.05, 0) is 19.1 Å². The Hall–Kier alpha value is -1.18. The van der Waals surface area contributed by atoms with Gasteiger partial charge in [-0.25, -0.2) is 12.8 Å². The summed E-state index contributed by atoms with van der Waals surface area (Å²) in [5.41, 5.74) is 0. The first-order valence-corrected chi connectivity index (χ1v) is 8.19. The molecule has 0 bridgehead atoms. The van der Waals surface area contributed by atoms with Crippen LogP contribution in [-0.4, -0.2) is 50.8 Å². The molecule has 0 radical (unpaired) electrons. The molecule has 1 aromatic carbocycles. The lowest BCUT2D eigenvalue weighted by atomic mass is 10.3. The largest absolute Gasteiger partial charge is 0.489 e. The number of para-hydroxylation sites is 1. The van der Waals surface area contributed by atoms with Gasteiger partial charge in [-0.2, -0.15) is 4.31 Å². The van der Waals surface area contributed by atoms with Gasteiger partial charge < -0.3 is 10.1 Å². The fraction of sp³-hybridized carbons (Fsp3) is 0.538. The summed E-state index contributed by atoms with van der Waals surface area (Å²) >= 11 is 0. The molecule has 7 heteroatoms. The zero-order valence-corrected chi connectivity index (χ0v) is 12.2. The third kappa shape index (κ3) is 3.68. The number of ether oxygens (including phenoxy) is 1. The number of rotatable bonds is 5. The monoisotopic (exact) mass is 302 g/mol. The van der Waals surface area contributed by atoms with Crippen LogP contribution < -0.4 is 10.1 Å². The molecule has 1 aliphatic rings. The molecule has 2 rings (SSSR count). The van der Waals surface area contributed by atoms with E-state index in [2.05, 4.69) is 5.32 Å². The zero-order chi connectivity index (χ0) is 14.6. The van der Waals surface area contributed by atoms with E-state index >= 15 is 0 Å². The number of nitrogens with one attached hydrogen (secondary N) is 1. The Balaban J connectivity index is 1.91. The molecule has 1 N–H and O–H groups in total. The van der Waals surface area contributed by atoms with Crippen molar-refractivity contribution in [2.75, 3.05) is 32.0 Å². The Labute approximate surface area is 118 Å². The summed E-state index contributed by atoms with van der Waals surface area (Å²) < 4.78 is 44.4. The van der Waals surface area contributed by atoms with Crippen LogP contribution in [-0.2, 0) is 10.0 Å². The van der Waals surface area contributed by atoms with Gasteiger partial charge in [0.2, 0.25) is 10.0 Å². The SMILES string of the molecule is CC1CNCCN1S(=O)(=O)CCOc1ccccc1F. The van der Waals surface area contributed by atoms with Crippen LogP contribution in [0, 0.1) is 5.82 Å². The van der Waals surface area contributed by atoms with E-state index in [0.717, 1.165) is 0 Å². The lowest BCUT2D eigenvalue weighted by molar-refractivity contribution is 0.276. The van der Waals surface area contributed by atoms with E-state index in [1.54, 1.807) is 12.1 Å². The first kappa shape index (κ1) is 15.2. The molecule has 1 heterocycles. The number of nitrogens with zero attached hydrogens (tertiary/aromatic N) is 1. The highest BCUT2D eigenvalue weighted by molar-refractivity contribution is 7.89. The third-order valence-electron chi connectivity index (χ3n) is 3.23. The van der Waals surface area contributed by atoms with Crippen LogP contribution >= 0.6 is 0 Å². The van der Waals surface area contributed by atoms with Crippen LogP contribution in [0.25, 0.3) is 0 Å². The van der Waals surface area contributed by atoms with Crippen molar-refractivity contribution < 1.29 is 17.5 Å². The summed E-state index contributed by atoms with van der Waals surface area (Å²) in [5.74, 6) is -0.553. The maximum Gasteiger partial charge on any atom is 0.217 e. The second kappa shape index (κ2) is 6.51. The van der Waals surface area contributed by atoms with Gasteiger partial charge in [-0.3, -0.25) is 0 Å². The molecule has 112 valence electrons. The molecule has 1 fully saturated rings. The van der Waals surface area contributed by atoms with Crippen molar-refractivity contribution in [2.24, 2.45) is 0 Å². The van der Waals surface area contributed by atoms with Gasteiger partial charge in [0.25, 0.3) is 0 Å². The molecule has 1 saturated heterocycles. The Morgan fingerprint density at radius 2 is 2.20 bits per heavy atom. The fourth-order valence-corrected chi connectivity index (χ4v) is 3.69. The average Bonchev–Trinajstić information content (AvgIpc) is 2.41.